The lowest BCUT2D eigenvalue weighted by molar-refractivity contribution is -0.385. The van der Waals surface area contributed by atoms with Crippen molar-refractivity contribution in [3.63, 3.8) is 0 Å². The molecule has 2 aliphatic heterocycles. The fraction of sp³-hybridized carbons (Fsp3) is 0.647. The number of hydrogen-bond acceptors (Lipinski definition) is 6. The normalized spacial score (nSPS) is 23.2. The molecular weight excluding hydrogens is 358 g/mol. The van der Waals surface area contributed by atoms with E-state index in [-0.39, 0.29) is 22.6 Å². The first-order valence-corrected chi connectivity index (χ1v) is 10.7. The van der Waals surface area contributed by atoms with Crippen molar-refractivity contribution in [1.29, 1.82) is 0 Å². The van der Waals surface area contributed by atoms with Gasteiger partial charge in [0.15, 0.2) is 0 Å². The lowest BCUT2D eigenvalue weighted by atomic mass is 9.90. The van der Waals surface area contributed by atoms with Crippen molar-refractivity contribution >= 4 is 21.4 Å². The summed E-state index contributed by atoms with van der Waals surface area (Å²) >= 11 is 0. The number of hydrogen-bond donors (Lipinski definition) is 0. The number of rotatable bonds is 4. The van der Waals surface area contributed by atoms with Crippen molar-refractivity contribution in [3.8, 4) is 0 Å². The van der Waals surface area contributed by atoms with Gasteiger partial charge in [0, 0.05) is 56.2 Å². The lowest BCUT2D eigenvalue weighted by Gasteiger charge is -2.39. The van der Waals surface area contributed by atoms with Gasteiger partial charge in [-0.1, -0.05) is 0 Å². The van der Waals surface area contributed by atoms with Gasteiger partial charge in [-0.25, -0.2) is 8.42 Å². The second kappa shape index (κ2) is 7.50. The van der Waals surface area contributed by atoms with Gasteiger partial charge in [-0.05, 0) is 37.8 Å². The third-order valence-electron chi connectivity index (χ3n) is 5.23. The van der Waals surface area contributed by atoms with E-state index in [1.54, 1.807) is 12.1 Å². The van der Waals surface area contributed by atoms with E-state index in [4.69, 9.17) is 4.74 Å². The Hall–Kier alpha value is -1.71. The Morgan fingerprint density at radius 3 is 2.50 bits per heavy atom. The Bertz CT molecular complexity index is 777. The number of nitro benzene ring substituents is 1. The van der Waals surface area contributed by atoms with Crippen molar-refractivity contribution in [2.45, 2.75) is 31.7 Å². The van der Waals surface area contributed by atoms with Gasteiger partial charge in [0.1, 0.15) is 0 Å². The summed E-state index contributed by atoms with van der Waals surface area (Å²) < 4.78 is 30.6. The van der Waals surface area contributed by atoms with Crippen molar-refractivity contribution < 1.29 is 18.1 Å². The Kier molecular flexibility index (Phi) is 5.50. The molecule has 0 aromatic heterocycles. The summed E-state index contributed by atoms with van der Waals surface area (Å²) in [4.78, 5) is 13.2. The maximum atomic E-state index is 11.8. The molecule has 0 aliphatic carbocycles. The zero-order chi connectivity index (χ0) is 18.9. The minimum Gasteiger partial charge on any atom is -0.381 e. The number of ether oxygens (including phenoxy) is 1. The first-order valence-electron chi connectivity index (χ1n) is 8.85. The maximum absolute atomic E-state index is 11.8. The van der Waals surface area contributed by atoms with E-state index in [1.807, 2.05) is 13.0 Å². The van der Waals surface area contributed by atoms with Crippen LogP contribution in [-0.2, 0) is 14.8 Å². The molecule has 2 fully saturated rings. The summed E-state index contributed by atoms with van der Waals surface area (Å²) in [6, 6.07) is 5.12. The molecule has 26 heavy (non-hydrogen) atoms. The van der Waals surface area contributed by atoms with Crippen LogP contribution in [0.2, 0.25) is 0 Å². The number of nitrogens with zero attached hydrogens (tertiary/aromatic N) is 3. The highest BCUT2D eigenvalue weighted by Gasteiger charge is 2.31. The second-order valence-electron chi connectivity index (χ2n) is 7.06. The van der Waals surface area contributed by atoms with Gasteiger partial charge >= 0.3 is 0 Å². The standard InChI is InChI=1S/C17H25N3O5S/c1-13-12-18(7-8-19(13)26(2,23)24)15-3-4-17(20(21)22)16(11-15)14-5-9-25-10-6-14/h3-4,11,13-14H,5-10,12H2,1-2H3. The van der Waals surface area contributed by atoms with Crippen LogP contribution in [-0.4, -0.2) is 62.8 Å². The SMILES string of the molecule is CC1CN(c2ccc([N+](=O)[O-])c(C3CCOCC3)c2)CCN1S(C)(=O)=O. The monoisotopic (exact) mass is 383 g/mol. The Morgan fingerprint density at radius 2 is 1.92 bits per heavy atom. The zero-order valence-electron chi connectivity index (χ0n) is 15.1. The molecule has 9 heteroatoms. The van der Waals surface area contributed by atoms with Gasteiger partial charge in [0.05, 0.1) is 11.2 Å². The number of sulfonamides is 1. The maximum Gasteiger partial charge on any atom is 0.273 e. The zero-order valence-corrected chi connectivity index (χ0v) is 15.9. The molecule has 0 saturated carbocycles. The van der Waals surface area contributed by atoms with Gasteiger partial charge in [0.2, 0.25) is 10.0 Å². The largest absolute Gasteiger partial charge is 0.381 e. The first kappa shape index (κ1) is 19.1. The molecule has 0 radical (unpaired) electrons. The molecular formula is C17H25N3O5S. The first-order chi connectivity index (χ1) is 12.3. The molecule has 144 valence electrons. The van der Waals surface area contributed by atoms with Crippen molar-refractivity contribution in [1.82, 2.24) is 4.31 Å². The van der Waals surface area contributed by atoms with E-state index < -0.39 is 10.0 Å². The third kappa shape index (κ3) is 3.99. The van der Waals surface area contributed by atoms with Crippen molar-refractivity contribution in [3.05, 3.63) is 33.9 Å². The van der Waals surface area contributed by atoms with Crippen LogP contribution in [0.25, 0.3) is 0 Å². The molecule has 2 heterocycles. The van der Waals surface area contributed by atoms with E-state index in [9.17, 15) is 18.5 Å². The highest BCUT2D eigenvalue weighted by molar-refractivity contribution is 7.88. The van der Waals surface area contributed by atoms with Crippen molar-refractivity contribution in [2.75, 3.05) is 44.0 Å². The molecule has 3 rings (SSSR count). The predicted octanol–water partition coefficient (Wildman–Crippen LogP) is 1.96. The number of nitro groups is 1. The minimum atomic E-state index is -3.22. The van der Waals surface area contributed by atoms with E-state index in [0.29, 0.717) is 32.8 Å². The Morgan fingerprint density at radius 1 is 1.23 bits per heavy atom. The predicted molar refractivity (Wildman–Crippen MR) is 99.1 cm³/mol. The molecule has 1 aromatic carbocycles. The number of benzene rings is 1. The van der Waals surface area contributed by atoms with E-state index in [0.717, 1.165) is 24.1 Å². The van der Waals surface area contributed by atoms with Crippen LogP contribution in [0.4, 0.5) is 11.4 Å². The van der Waals surface area contributed by atoms with Gasteiger partial charge < -0.3 is 9.64 Å². The number of anilines is 1. The average Bonchev–Trinajstić information content (AvgIpc) is 2.60. The summed E-state index contributed by atoms with van der Waals surface area (Å²) in [5.41, 5.74) is 1.83. The van der Waals surface area contributed by atoms with Crippen LogP contribution >= 0.6 is 0 Å². The van der Waals surface area contributed by atoms with Gasteiger partial charge in [-0.2, -0.15) is 4.31 Å². The molecule has 1 atom stereocenters. The smallest absolute Gasteiger partial charge is 0.273 e. The molecule has 0 amide bonds. The van der Waals surface area contributed by atoms with Crippen LogP contribution in [0.5, 0.6) is 0 Å². The fourth-order valence-corrected chi connectivity index (χ4v) is 5.04. The Labute approximate surface area is 153 Å². The van der Waals surface area contributed by atoms with E-state index in [1.165, 1.54) is 10.6 Å². The van der Waals surface area contributed by atoms with Crippen LogP contribution < -0.4 is 4.90 Å². The second-order valence-corrected chi connectivity index (χ2v) is 8.99. The molecule has 2 aliphatic rings. The lowest BCUT2D eigenvalue weighted by Crippen LogP contribution is -2.53. The summed E-state index contributed by atoms with van der Waals surface area (Å²) in [7, 11) is -3.22. The molecule has 1 aromatic rings. The van der Waals surface area contributed by atoms with Crippen LogP contribution in [0, 0.1) is 10.1 Å². The topological polar surface area (TPSA) is 93.0 Å². The molecule has 1 unspecified atom stereocenters. The van der Waals surface area contributed by atoms with E-state index >= 15 is 0 Å². The quantitative estimate of drug-likeness (QED) is 0.583. The van der Waals surface area contributed by atoms with Crippen LogP contribution in [0.3, 0.4) is 0 Å². The number of piperazine rings is 1. The molecule has 0 spiro atoms. The van der Waals surface area contributed by atoms with Crippen LogP contribution in [0.15, 0.2) is 18.2 Å². The highest BCUT2D eigenvalue weighted by atomic mass is 32.2. The van der Waals surface area contributed by atoms with Gasteiger partial charge in [-0.15, -0.1) is 0 Å². The molecule has 8 nitrogen and oxygen atoms in total. The highest BCUT2D eigenvalue weighted by Crippen LogP contribution is 2.36. The summed E-state index contributed by atoms with van der Waals surface area (Å²) in [5, 5.41) is 11.4. The molecule has 0 bridgehead atoms. The average molecular weight is 383 g/mol. The summed E-state index contributed by atoms with van der Waals surface area (Å²) in [6.45, 7) is 4.69. The third-order valence-corrected chi connectivity index (χ3v) is 6.62. The summed E-state index contributed by atoms with van der Waals surface area (Å²) in [5.74, 6) is 0.124. The minimum absolute atomic E-state index is 0.124. The van der Waals surface area contributed by atoms with Gasteiger partial charge in [0.25, 0.3) is 5.69 Å². The molecule has 0 N–H and O–H groups in total. The summed E-state index contributed by atoms with van der Waals surface area (Å²) in [6.07, 6.45) is 2.79. The molecule has 2 saturated heterocycles. The Balaban J connectivity index is 1.86. The van der Waals surface area contributed by atoms with E-state index in [2.05, 4.69) is 4.90 Å². The fourth-order valence-electron chi connectivity index (χ4n) is 3.91. The van der Waals surface area contributed by atoms with Gasteiger partial charge in [-0.3, -0.25) is 10.1 Å². The van der Waals surface area contributed by atoms with Crippen molar-refractivity contribution in [2.24, 2.45) is 0 Å². The van der Waals surface area contributed by atoms with Crippen LogP contribution in [0.1, 0.15) is 31.2 Å².